The zero-order chi connectivity index (χ0) is 13.5. The predicted octanol–water partition coefficient (Wildman–Crippen LogP) is 0.584. The Balaban J connectivity index is 2.00. The van der Waals surface area contributed by atoms with Gasteiger partial charge in [0.2, 0.25) is 5.91 Å². The van der Waals surface area contributed by atoms with E-state index in [2.05, 4.69) is 39.5 Å². The number of hydrogen-bond donors (Lipinski definition) is 2. The highest BCUT2D eigenvalue weighted by Gasteiger charge is 2.09. The van der Waals surface area contributed by atoms with Gasteiger partial charge in [-0.25, -0.2) is 0 Å². The summed E-state index contributed by atoms with van der Waals surface area (Å²) in [4.78, 5) is 13.1. The van der Waals surface area contributed by atoms with Gasteiger partial charge in [0, 0.05) is 44.4 Å². The van der Waals surface area contributed by atoms with E-state index < -0.39 is 0 Å². The minimum Gasteiger partial charge on any atom is -0.369 e. The summed E-state index contributed by atoms with van der Waals surface area (Å²) in [5.74, 6) is 5.97. The summed E-state index contributed by atoms with van der Waals surface area (Å²) in [5, 5.41) is 6.00. The summed E-state index contributed by atoms with van der Waals surface area (Å²) in [7, 11) is 0. The number of piperazine rings is 1. The number of carbonyl (C=O) groups excluding carboxylic acids is 1. The Hall–Kier alpha value is -1.99. The third kappa shape index (κ3) is 4.31. The van der Waals surface area contributed by atoms with Crippen LogP contribution in [0.2, 0.25) is 0 Å². The smallest absolute Gasteiger partial charge is 0.217 e. The van der Waals surface area contributed by atoms with Crippen molar-refractivity contribution in [3.63, 3.8) is 0 Å². The van der Waals surface area contributed by atoms with E-state index in [0.29, 0.717) is 6.54 Å². The van der Waals surface area contributed by atoms with Crippen molar-refractivity contribution in [1.82, 2.24) is 10.6 Å². The molecule has 0 spiro atoms. The van der Waals surface area contributed by atoms with Crippen LogP contribution in [0.5, 0.6) is 0 Å². The average Bonchev–Trinajstić information content (AvgIpc) is 2.45. The number of nitrogens with zero attached hydrogens (tertiary/aromatic N) is 1. The van der Waals surface area contributed by atoms with Crippen LogP contribution in [0.3, 0.4) is 0 Å². The van der Waals surface area contributed by atoms with Crippen molar-refractivity contribution < 1.29 is 4.79 Å². The van der Waals surface area contributed by atoms with Crippen LogP contribution in [0.4, 0.5) is 5.69 Å². The fourth-order valence-electron chi connectivity index (χ4n) is 2.02. The van der Waals surface area contributed by atoms with Crippen molar-refractivity contribution in [3.8, 4) is 11.8 Å². The van der Waals surface area contributed by atoms with Crippen LogP contribution in [0, 0.1) is 11.8 Å². The summed E-state index contributed by atoms with van der Waals surface area (Å²) >= 11 is 0. The molecule has 2 N–H and O–H groups in total. The SMILES string of the molecule is CC(=O)NCC#Cc1cccc(N2CCNCC2)c1. The molecule has 0 unspecified atom stereocenters. The maximum Gasteiger partial charge on any atom is 0.217 e. The standard InChI is InChI=1S/C15H19N3O/c1-13(19)17-7-3-5-14-4-2-6-15(12-14)18-10-8-16-9-11-18/h2,4,6,12,16H,7-11H2,1H3,(H,17,19). The van der Waals surface area contributed by atoms with Crippen LogP contribution in [0.1, 0.15) is 12.5 Å². The lowest BCUT2D eigenvalue weighted by Gasteiger charge is -2.29. The summed E-state index contributed by atoms with van der Waals surface area (Å²) in [6.45, 7) is 6.00. The Kier molecular flexibility index (Phi) is 4.82. The molecule has 1 amide bonds. The van der Waals surface area contributed by atoms with Crippen molar-refractivity contribution in [2.45, 2.75) is 6.92 Å². The molecule has 1 saturated heterocycles. The Labute approximate surface area is 114 Å². The van der Waals surface area contributed by atoms with Crippen LogP contribution >= 0.6 is 0 Å². The van der Waals surface area contributed by atoms with Gasteiger partial charge in [-0.3, -0.25) is 4.79 Å². The van der Waals surface area contributed by atoms with Gasteiger partial charge in [-0.2, -0.15) is 0 Å². The van der Waals surface area contributed by atoms with Gasteiger partial charge in [0.05, 0.1) is 6.54 Å². The second-order valence-corrected chi connectivity index (χ2v) is 4.50. The molecule has 0 atom stereocenters. The van der Waals surface area contributed by atoms with E-state index in [0.717, 1.165) is 31.7 Å². The first kappa shape index (κ1) is 13.4. The van der Waals surface area contributed by atoms with E-state index in [-0.39, 0.29) is 5.91 Å². The largest absolute Gasteiger partial charge is 0.369 e. The summed E-state index contributed by atoms with van der Waals surface area (Å²) in [5.41, 5.74) is 2.20. The average molecular weight is 257 g/mol. The number of anilines is 1. The van der Waals surface area contributed by atoms with E-state index in [1.807, 2.05) is 12.1 Å². The van der Waals surface area contributed by atoms with E-state index >= 15 is 0 Å². The first-order valence-electron chi connectivity index (χ1n) is 6.55. The van der Waals surface area contributed by atoms with Gasteiger partial charge in [-0.1, -0.05) is 17.9 Å². The maximum atomic E-state index is 10.7. The quantitative estimate of drug-likeness (QED) is 0.762. The van der Waals surface area contributed by atoms with E-state index in [9.17, 15) is 4.79 Å². The third-order valence-corrected chi connectivity index (χ3v) is 2.99. The molecule has 0 saturated carbocycles. The molecule has 1 fully saturated rings. The van der Waals surface area contributed by atoms with Crippen molar-refractivity contribution in [2.75, 3.05) is 37.6 Å². The zero-order valence-electron chi connectivity index (χ0n) is 11.2. The molecule has 1 heterocycles. The molecule has 0 aromatic heterocycles. The molecule has 0 radical (unpaired) electrons. The lowest BCUT2D eigenvalue weighted by molar-refractivity contribution is -0.118. The number of benzene rings is 1. The molecule has 1 aliphatic rings. The van der Waals surface area contributed by atoms with Gasteiger partial charge in [-0.15, -0.1) is 0 Å². The molecule has 19 heavy (non-hydrogen) atoms. The van der Waals surface area contributed by atoms with Gasteiger partial charge in [0.15, 0.2) is 0 Å². The second-order valence-electron chi connectivity index (χ2n) is 4.50. The first-order valence-corrected chi connectivity index (χ1v) is 6.55. The minimum absolute atomic E-state index is 0.0520. The van der Waals surface area contributed by atoms with Crippen molar-refractivity contribution in [1.29, 1.82) is 0 Å². The topological polar surface area (TPSA) is 44.4 Å². The summed E-state index contributed by atoms with van der Waals surface area (Å²) < 4.78 is 0. The number of carbonyl (C=O) groups is 1. The molecule has 1 aliphatic heterocycles. The first-order chi connectivity index (χ1) is 9.25. The molecule has 1 aromatic rings. The third-order valence-electron chi connectivity index (χ3n) is 2.99. The van der Waals surface area contributed by atoms with Crippen LogP contribution in [-0.4, -0.2) is 38.6 Å². The van der Waals surface area contributed by atoms with Crippen molar-refractivity contribution in [2.24, 2.45) is 0 Å². The van der Waals surface area contributed by atoms with E-state index in [4.69, 9.17) is 0 Å². The number of nitrogens with one attached hydrogen (secondary N) is 2. The van der Waals surface area contributed by atoms with Crippen LogP contribution < -0.4 is 15.5 Å². The lowest BCUT2D eigenvalue weighted by Crippen LogP contribution is -2.43. The Morgan fingerprint density at radius 2 is 2.21 bits per heavy atom. The van der Waals surface area contributed by atoms with Crippen LogP contribution in [0.25, 0.3) is 0 Å². The monoisotopic (exact) mass is 257 g/mol. The van der Waals surface area contributed by atoms with Gasteiger partial charge in [-0.05, 0) is 18.2 Å². The number of rotatable bonds is 2. The van der Waals surface area contributed by atoms with Gasteiger partial charge < -0.3 is 15.5 Å². The Bertz CT molecular complexity index is 496. The van der Waals surface area contributed by atoms with E-state index in [1.165, 1.54) is 12.6 Å². The molecular weight excluding hydrogens is 238 g/mol. The highest BCUT2D eigenvalue weighted by atomic mass is 16.1. The van der Waals surface area contributed by atoms with Crippen molar-refractivity contribution in [3.05, 3.63) is 29.8 Å². The predicted molar refractivity (Wildman–Crippen MR) is 77.1 cm³/mol. The van der Waals surface area contributed by atoms with Gasteiger partial charge >= 0.3 is 0 Å². The normalized spacial score (nSPS) is 14.5. The van der Waals surface area contributed by atoms with Crippen LogP contribution in [-0.2, 0) is 4.79 Å². The van der Waals surface area contributed by atoms with Gasteiger partial charge in [0.25, 0.3) is 0 Å². The fourth-order valence-corrected chi connectivity index (χ4v) is 2.02. The van der Waals surface area contributed by atoms with E-state index in [1.54, 1.807) is 0 Å². The molecule has 1 aromatic carbocycles. The summed E-state index contributed by atoms with van der Waals surface area (Å²) in [6, 6.07) is 8.24. The molecule has 0 aliphatic carbocycles. The molecule has 2 rings (SSSR count). The Morgan fingerprint density at radius 3 is 2.95 bits per heavy atom. The molecular formula is C15H19N3O. The van der Waals surface area contributed by atoms with Crippen molar-refractivity contribution >= 4 is 11.6 Å². The highest BCUT2D eigenvalue weighted by Crippen LogP contribution is 2.16. The second kappa shape index (κ2) is 6.81. The Morgan fingerprint density at radius 1 is 1.42 bits per heavy atom. The van der Waals surface area contributed by atoms with Gasteiger partial charge in [0.1, 0.15) is 0 Å². The molecule has 100 valence electrons. The number of hydrogen-bond acceptors (Lipinski definition) is 3. The highest BCUT2D eigenvalue weighted by molar-refractivity contribution is 5.73. The minimum atomic E-state index is -0.0520. The zero-order valence-corrected chi connectivity index (χ0v) is 11.2. The summed E-state index contributed by atoms with van der Waals surface area (Å²) in [6.07, 6.45) is 0. The fraction of sp³-hybridized carbons (Fsp3) is 0.400. The number of amides is 1. The molecule has 4 nitrogen and oxygen atoms in total. The lowest BCUT2D eigenvalue weighted by atomic mass is 10.2. The molecule has 4 heteroatoms. The molecule has 0 bridgehead atoms. The van der Waals surface area contributed by atoms with Crippen LogP contribution in [0.15, 0.2) is 24.3 Å². The maximum absolute atomic E-state index is 10.7.